The van der Waals surface area contributed by atoms with Gasteiger partial charge in [0.2, 0.25) is 0 Å². The van der Waals surface area contributed by atoms with E-state index in [1.165, 1.54) is 17.0 Å². The van der Waals surface area contributed by atoms with Gasteiger partial charge in [-0.2, -0.15) is 0 Å². The summed E-state index contributed by atoms with van der Waals surface area (Å²) in [5.74, 6) is -1.15. The lowest BCUT2D eigenvalue weighted by Crippen LogP contribution is -2.48. The van der Waals surface area contributed by atoms with Crippen molar-refractivity contribution in [1.82, 2.24) is 9.80 Å². The van der Waals surface area contributed by atoms with E-state index in [1.54, 1.807) is 37.1 Å². The third-order valence-corrected chi connectivity index (χ3v) is 9.65. The van der Waals surface area contributed by atoms with Crippen LogP contribution in [-0.4, -0.2) is 86.7 Å². The van der Waals surface area contributed by atoms with Crippen LogP contribution >= 0.6 is 0 Å². The van der Waals surface area contributed by atoms with Crippen molar-refractivity contribution in [3.8, 4) is 5.75 Å². The van der Waals surface area contributed by atoms with Crippen molar-refractivity contribution in [3.63, 3.8) is 0 Å². The molecule has 1 aliphatic rings. The van der Waals surface area contributed by atoms with E-state index in [0.29, 0.717) is 18.6 Å². The van der Waals surface area contributed by atoms with Crippen LogP contribution in [0.25, 0.3) is 0 Å². The summed E-state index contributed by atoms with van der Waals surface area (Å²) in [5.41, 5.74) is 0.797. The van der Waals surface area contributed by atoms with Crippen molar-refractivity contribution in [2.75, 3.05) is 38.1 Å². The molecule has 1 aliphatic heterocycles. The molecule has 3 aromatic rings. The molecule has 4 atom stereocenters. The third kappa shape index (κ3) is 9.52. The Bertz CT molecular complexity index is 1610. The Kier molecular flexibility index (Phi) is 12.4. The number of amides is 2. The van der Waals surface area contributed by atoms with E-state index in [0.717, 1.165) is 37.1 Å². The highest BCUT2D eigenvalue weighted by molar-refractivity contribution is 7.92. The smallest absolute Gasteiger partial charge is 0.261 e. The molecule has 0 bridgehead atoms. The fourth-order valence-corrected chi connectivity index (χ4v) is 6.48. The van der Waals surface area contributed by atoms with Crippen LogP contribution in [0.5, 0.6) is 5.75 Å². The zero-order valence-corrected chi connectivity index (χ0v) is 28.1. The molecule has 0 unspecified atom stereocenters. The topological polar surface area (TPSA) is 125 Å². The van der Waals surface area contributed by atoms with Crippen LogP contribution in [0, 0.1) is 11.7 Å². The third-order valence-electron chi connectivity index (χ3n) is 8.25. The summed E-state index contributed by atoms with van der Waals surface area (Å²) >= 11 is 0. The van der Waals surface area contributed by atoms with Gasteiger partial charge < -0.3 is 24.4 Å². The summed E-state index contributed by atoms with van der Waals surface area (Å²) < 4.78 is 54.6. The van der Waals surface area contributed by atoms with Gasteiger partial charge >= 0.3 is 0 Å². The Balaban J connectivity index is 1.66. The fourth-order valence-electron chi connectivity index (χ4n) is 5.43. The number of fused-ring (bicyclic) bond motifs is 1. The lowest BCUT2D eigenvalue weighted by Gasteiger charge is -2.36. The van der Waals surface area contributed by atoms with Crippen molar-refractivity contribution in [1.29, 1.82) is 0 Å². The van der Waals surface area contributed by atoms with Gasteiger partial charge in [0.15, 0.2) is 0 Å². The van der Waals surface area contributed by atoms with Gasteiger partial charge in [0.05, 0.1) is 35.3 Å². The zero-order valence-electron chi connectivity index (χ0n) is 27.3. The van der Waals surface area contributed by atoms with Crippen molar-refractivity contribution in [2.24, 2.45) is 5.92 Å². The largest absolute Gasteiger partial charge is 0.490 e. The number of ether oxygens (including phenoxy) is 2. The number of carbonyl (C=O) groups is 2. The van der Waals surface area contributed by atoms with Crippen LogP contribution < -0.4 is 9.46 Å². The van der Waals surface area contributed by atoms with Gasteiger partial charge in [-0.1, -0.05) is 25.1 Å². The fraction of sp³-hybridized carbons (Fsp3) is 0.429. The number of rotatable bonds is 8. The van der Waals surface area contributed by atoms with Crippen LogP contribution in [0.4, 0.5) is 10.1 Å². The molecule has 2 N–H and O–H groups in total. The van der Waals surface area contributed by atoms with E-state index < -0.39 is 33.9 Å². The first kappa shape index (κ1) is 35.8. The molecule has 10 nitrogen and oxygen atoms in total. The predicted molar refractivity (Wildman–Crippen MR) is 177 cm³/mol. The molecule has 47 heavy (non-hydrogen) atoms. The van der Waals surface area contributed by atoms with E-state index in [1.807, 2.05) is 32.0 Å². The summed E-state index contributed by atoms with van der Waals surface area (Å²) in [7, 11) is -2.37. The Labute approximate surface area is 276 Å². The molecule has 4 rings (SSSR count). The van der Waals surface area contributed by atoms with Crippen molar-refractivity contribution in [3.05, 3.63) is 89.7 Å². The number of aliphatic hydroxyl groups excluding tert-OH is 1. The van der Waals surface area contributed by atoms with E-state index in [2.05, 4.69) is 4.72 Å². The van der Waals surface area contributed by atoms with Crippen LogP contribution in [0.15, 0.2) is 77.7 Å². The second-order valence-electron chi connectivity index (χ2n) is 12.1. The molecule has 3 aromatic carbocycles. The first-order valence-corrected chi connectivity index (χ1v) is 17.3. The maximum Gasteiger partial charge on any atom is 0.261 e. The maximum atomic E-state index is 14.3. The number of halogens is 1. The van der Waals surface area contributed by atoms with Gasteiger partial charge in [-0.15, -0.1) is 0 Å². The number of carbonyl (C=O) groups excluding carboxylic acids is 2. The quantitative estimate of drug-likeness (QED) is 0.338. The average molecular weight is 670 g/mol. The number of anilines is 1. The molecule has 0 spiro atoms. The lowest BCUT2D eigenvalue weighted by molar-refractivity contribution is -0.0149. The second-order valence-corrected chi connectivity index (χ2v) is 13.8. The highest BCUT2D eigenvalue weighted by Crippen LogP contribution is 2.29. The summed E-state index contributed by atoms with van der Waals surface area (Å²) in [4.78, 5) is 30.5. The monoisotopic (exact) mass is 669 g/mol. The number of nitrogens with zero attached hydrogens (tertiary/aromatic N) is 2. The standard InChI is InChI=1S/C35H44FN3O7S/c1-24-21-39(25(2)23-40)35(42)31-20-29(37-47(43,44)30-16-13-28(36)14-17-30)15-18-32(31)46-26(3)10-8-9-19-45-33(24)22-38(4)34(41)27-11-6-5-7-12-27/h5-7,11-18,20,24-26,33,37,40H,8-10,19,21-23H2,1-4H3/t24-,25+,26+,33+/m0/s1. The van der Waals surface area contributed by atoms with Crippen LogP contribution in [-0.2, 0) is 14.8 Å². The molecular formula is C35H44FN3O7S. The Morgan fingerprint density at radius 2 is 1.79 bits per heavy atom. The van der Waals surface area contributed by atoms with E-state index in [-0.39, 0.29) is 59.5 Å². The Morgan fingerprint density at radius 3 is 2.47 bits per heavy atom. The molecular weight excluding hydrogens is 625 g/mol. The van der Waals surface area contributed by atoms with E-state index >= 15 is 0 Å². The first-order valence-electron chi connectivity index (χ1n) is 15.8. The highest BCUT2D eigenvalue weighted by Gasteiger charge is 2.31. The number of hydrogen-bond acceptors (Lipinski definition) is 7. The first-order chi connectivity index (χ1) is 22.4. The molecule has 2 amide bonds. The van der Waals surface area contributed by atoms with E-state index in [4.69, 9.17) is 9.47 Å². The average Bonchev–Trinajstić information content (AvgIpc) is 3.06. The molecule has 0 aliphatic carbocycles. The number of sulfonamides is 1. The second kappa shape index (κ2) is 16.2. The normalized spacial score (nSPS) is 20.3. The molecule has 0 saturated carbocycles. The summed E-state index contributed by atoms with van der Waals surface area (Å²) in [6, 6.07) is 17.3. The lowest BCUT2D eigenvalue weighted by atomic mass is 10.0. The van der Waals surface area contributed by atoms with Gasteiger partial charge in [-0.25, -0.2) is 12.8 Å². The molecule has 0 radical (unpaired) electrons. The Hall–Kier alpha value is -4.00. The number of likely N-dealkylation sites (N-methyl/N-ethyl adjacent to an activating group) is 1. The molecule has 12 heteroatoms. The number of aliphatic hydroxyl groups is 1. The maximum absolute atomic E-state index is 14.3. The van der Waals surface area contributed by atoms with Gasteiger partial charge in [0.1, 0.15) is 11.6 Å². The molecule has 0 saturated heterocycles. The minimum atomic E-state index is -4.09. The van der Waals surface area contributed by atoms with Gasteiger partial charge in [0.25, 0.3) is 21.8 Å². The minimum Gasteiger partial charge on any atom is -0.490 e. The van der Waals surface area contributed by atoms with E-state index in [9.17, 15) is 27.5 Å². The SMILES string of the molecule is C[C@@H]1CCCCO[C@H](CN(C)C(=O)c2ccccc2)[C@@H](C)CN([C@H](C)CO)C(=O)c2cc(NS(=O)(=O)c3ccc(F)cc3)ccc2O1. The summed E-state index contributed by atoms with van der Waals surface area (Å²) in [6.45, 7) is 6.17. The Morgan fingerprint density at radius 1 is 1.09 bits per heavy atom. The van der Waals surface area contributed by atoms with Gasteiger partial charge in [-0.3, -0.25) is 14.3 Å². The highest BCUT2D eigenvalue weighted by atomic mass is 32.2. The van der Waals surface area contributed by atoms with Gasteiger partial charge in [0, 0.05) is 43.9 Å². The summed E-state index contributed by atoms with van der Waals surface area (Å²) in [6.07, 6.45) is 1.56. The number of nitrogens with one attached hydrogen (secondary N) is 1. The number of hydrogen-bond donors (Lipinski definition) is 2. The molecule has 254 valence electrons. The minimum absolute atomic E-state index is 0.116. The van der Waals surface area contributed by atoms with Crippen molar-refractivity contribution < 1.29 is 37.0 Å². The van der Waals surface area contributed by atoms with Crippen molar-refractivity contribution >= 4 is 27.5 Å². The molecule has 0 fully saturated rings. The van der Waals surface area contributed by atoms with Crippen LogP contribution in [0.3, 0.4) is 0 Å². The summed E-state index contributed by atoms with van der Waals surface area (Å²) in [5, 5.41) is 10.2. The number of benzene rings is 3. The zero-order chi connectivity index (χ0) is 34.1. The van der Waals surface area contributed by atoms with Gasteiger partial charge in [-0.05, 0) is 87.7 Å². The van der Waals surface area contributed by atoms with Crippen LogP contribution in [0.1, 0.15) is 60.7 Å². The van der Waals surface area contributed by atoms with Crippen LogP contribution in [0.2, 0.25) is 0 Å². The molecule has 0 aromatic heterocycles. The predicted octanol–water partition coefficient (Wildman–Crippen LogP) is 5.19. The van der Waals surface area contributed by atoms with Crippen molar-refractivity contribution in [2.45, 2.75) is 63.2 Å². The molecule has 1 heterocycles.